The number of rotatable bonds is 6. The number of carbonyl (C=O) groups excluding carboxylic acids is 2. The number of nitrogens with one attached hydrogen (secondary N) is 1. The summed E-state index contributed by atoms with van der Waals surface area (Å²) in [6.07, 6.45) is 2.02. The van der Waals surface area contributed by atoms with Crippen LogP contribution in [0.1, 0.15) is 38.9 Å². The molecule has 3 atom stereocenters. The van der Waals surface area contributed by atoms with E-state index >= 15 is 0 Å². The van der Waals surface area contributed by atoms with E-state index in [1.54, 1.807) is 0 Å². The number of likely N-dealkylation sites (tertiary alicyclic amines) is 1. The van der Waals surface area contributed by atoms with Gasteiger partial charge in [-0.1, -0.05) is 26.0 Å². The zero-order chi connectivity index (χ0) is 22.1. The van der Waals surface area contributed by atoms with Crippen molar-refractivity contribution < 1.29 is 23.1 Å². The molecule has 29 heavy (non-hydrogen) atoms. The topological polar surface area (TPSA) is 138 Å². The van der Waals surface area contributed by atoms with Gasteiger partial charge in [-0.25, -0.2) is 13.1 Å². The third-order valence-corrected chi connectivity index (χ3v) is 6.20. The van der Waals surface area contributed by atoms with Crippen LogP contribution in [0.4, 0.5) is 0 Å². The van der Waals surface area contributed by atoms with E-state index in [0.717, 1.165) is 10.6 Å². The molecule has 1 aliphatic heterocycles. The van der Waals surface area contributed by atoms with Gasteiger partial charge in [-0.15, -0.1) is 5.10 Å². The number of likely N-dealkylation sites (N-methyl/N-ethyl adjacent to an activating group) is 1. The molecule has 1 aliphatic rings. The van der Waals surface area contributed by atoms with Gasteiger partial charge in [-0.3, -0.25) is 9.59 Å². The highest BCUT2D eigenvalue weighted by molar-refractivity contribution is 7.88. The third-order valence-electron chi connectivity index (χ3n) is 4.94. The highest BCUT2D eigenvalue weighted by Gasteiger charge is 2.45. The molecule has 12 heteroatoms. The van der Waals surface area contributed by atoms with Crippen molar-refractivity contribution in [2.75, 3.05) is 26.9 Å². The Morgan fingerprint density at radius 1 is 1.41 bits per heavy atom. The molecule has 1 fully saturated rings. The number of β-amino-alcohol motifs (C(OH)–C–C–N with tert-alkyl or cyclic N) is 1. The average Bonchev–Trinajstić information content (AvgIpc) is 3.18. The van der Waals surface area contributed by atoms with Crippen molar-refractivity contribution in [2.45, 2.75) is 51.9 Å². The predicted octanol–water partition coefficient (Wildman–Crippen LogP) is -1.04. The number of carbonyl (C=O) groups is 2. The molecular weight excluding hydrogens is 400 g/mol. The van der Waals surface area contributed by atoms with Crippen molar-refractivity contribution in [2.24, 2.45) is 5.41 Å². The molecule has 0 saturated carbocycles. The molecule has 0 unspecified atom stereocenters. The zero-order valence-corrected chi connectivity index (χ0v) is 18.5. The second-order valence-corrected chi connectivity index (χ2v) is 10.6. The zero-order valence-electron chi connectivity index (χ0n) is 17.7. The van der Waals surface area contributed by atoms with Crippen LogP contribution in [-0.2, 0) is 26.2 Å². The summed E-state index contributed by atoms with van der Waals surface area (Å²) in [6, 6.07) is -1.54. The second kappa shape index (κ2) is 8.36. The number of amides is 2. The minimum atomic E-state index is -3.39. The van der Waals surface area contributed by atoms with E-state index in [1.165, 1.54) is 29.9 Å². The van der Waals surface area contributed by atoms with Gasteiger partial charge in [0.1, 0.15) is 12.1 Å². The molecule has 2 rings (SSSR count). The number of sulfonamides is 1. The fraction of sp³-hybridized carbons (Fsp3) is 0.765. The maximum atomic E-state index is 13.4. The Balaban J connectivity index is 2.33. The third kappa shape index (κ3) is 5.31. The summed E-state index contributed by atoms with van der Waals surface area (Å²) in [5.74, 6) is -0.688. The van der Waals surface area contributed by atoms with Crippen molar-refractivity contribution in [1.82, 2.24) is 29.5 Å². The molecular formula is C17H30N6O5S. The largest absolute Gasteiger partial charge is 0.391 e. The van der Waals surface area contributed by atoms with Crippen LogP contribution >= 0.6 is 0 Å². The SMILES string of the molecule is CNC(=O)[C@@H]1C[C@@H](O)CN1C(=O)[C@@H](n1cc(CN(C)S(C)(=O)=O)nn1)C(C)(C)C. The van der Waals surface area contributed by atoms with Crippen LogP contribution in [0.5, 0.6) is 0 Å². The van der Waals surface area contributed by atoms with Crippen LogP contribution in [0, 0.1) is 5.41 Å². The van der Waals surface area contributed by atoms with Crippen molar-refractivity contribution in [1.29, 1.82) is 0 Å². The Morgan fingerprint density at radius 3 is 2.55 bits per heavy atom. The maximum absolute atomic E-state index is 13.4. The summed E-state index contributed by atoms with van der Waals surface area (Å²) in [5.41, 5.74) is -0.185. The van der Waals surface area contributed by atoms with Crippen molar-refractivity contribution >= 4 is 21.8 Å². The molecule has 2 N–H and O–H groups in total. The van der Waals surface area contributed by atoms with Crippen LogP contribution < -0.4 is 5.32 Å². The van der Waals surface area contributed by atoms with E-state index in [2.05, 4.69) is 15.6 Å². The first kappa shape index (κ1) is 23.2. The Hall–Kier alpha value is -2.05. The molecule has 1 aromatic heterocycles. The van der Waals surface area contributed by atoms with Crippen LogP contribution in [0.2, 0.25) is 0 Å². The summed E-state index contributed by atoms with van der Waals surface area (Å²) in [5, 5.41) is 20.6. The summed E-state index contributed by atoms with van der Waals surface area (Å²) in [4.78, 5) is 27.0. The monoisotopic (exact) mass is 430 g/mol. The van der Waals surface area contributed by atoms with Crippen molar-refractivity contribution in [3.63, 3.8) is 0 Å². The lowest BCUT2D eigenvalue weighted by molar-refractivity contribution is -0.144. The molecule has 2 amide bonds. The first-order valence-electron chi connectivity index (χ1n) is 9.28. The normalized spacial score (nSPS) is 21.4. The van der Waals surface area contributed by atoms with E-state index in [1.807, 2.05) is 20.8 Å². The molecule has 1 saturated heterocycles. The molecule has 0 aromatic carbocycles. The van der Waals surface area contributed by atoms with Gasteiger partial charge in [0, 0.05) is 27.1 Å². The molecule has 2 heterocycles. The Morgan fingerprint density at radius 2 is 2.03 bits per heavy atom. The molecule has 1 aromatic rings. The average molecular weight is 431 g/mol. The van der Waals surface area contributed by atoms with Crippen molar-refractivity contribution in [3.8, 4) is 0 Å². The minimum absolute atomic E-state index is 0.0210. The lowest BCUT2D eigenvalue weighted by Crippen LogP contribution is -2.49. The number of hydrogen-bond donors (Lipinski definition) is 2. The van der Waals surface area contributed by atoms with Crippen molar-refractivity contribution in [3.05, 3.63) is 11.9 Å². The van der Waals surface area contributed by atoms with E-state index in [4.69, 9.17) is 0 Å². The van der Waals surface area contributed by atoms with E-state index < -0.39 is 33.6 Å². The van der Waals surface area contributed by atoms with Crippen LogP contribution in [0.15, 0.2) is 6.20 Å². The van der Waals surface area contributed by atoms with Gasteiger partial charge in [0.25, 0.3) is 0 Å². The molecule has 0 spiro atoms. The maximum Gasteiger partial charge on any atom is 0.248 e. The Labute approximate surface area is 171 Å². The number of aromatic nitrogens is 3. The van der Waals surface area contributed by atoms with Gasteiger partial charge in [-0.05, 0) is 5.41 Å². The summed E-state index contributed by atoms with van der Waals surface area (Å²) < 4.78 is 25.8. The van der Waals surface area contributed by atoms with Gasteiger partial charge >= 0.3 is 0 Å². The number of aliphatic hydroxyl groups excluding tert-OH is 1. The minimum Gasteiger partial charge on any atom is -0.391 e. The van der Waals surface area contributed by atoms with Crippen LogP contribution in [-0.4, -0.2) is 88.6 Å². The lowest BCUT2D eigenvalue weighted by Gasteiger charge is -2.34. The molecule has 11 nitrogen and oxygen atoms in total. The number of nitrogens with zero attached hydrogens (tertiary/aromatic N) is 5. The first-order chi connectivity index (χ1) is 13.3. The Kier molecular flexibility index (Phi) is 6.70. The quantitative estimate of drug-likeness (QED) is 0.588. The fourth-order valence-corrected chi connectivity index (χ4v) is 3.73. The van der Waals surface area contributed by atoms with E-state index in [-0.39, 0.29) is 31.3 Å². The standard InChI is InChI=1S/C17H30N6O5S/c1-17(2,3)14(16(26)22-10-12(24)7-13(22)15(25)18-4)23-9-11(19-20-23)8-21(5)29(6,27)28/h9,12-14,24H,7-8,10H2,1-6H3,(H,18,25)/t12-,13+,14-/m1/s1. The fourth-order valence-electron chi connectivity index (χ4n) is 3.37. The highest BCUT2D eigenvalue weighted by Crippen LogP contribution is 2.34. The molecule has 0 aliphatic carbocycles. The van der Waals surface area contributed by atoms with Gasteiger partial charge in [0.15, 0.2) is 0 Å². The lowest BCUT2D eigenvalue weighted by atomic mass is 9.85. The molecule has 0 bridgehead atoms. The van der Waals surface area contributed by atoms with Gasteiger partial charge in [-0.2, -0.15) is 4.31 Å². The molecule has 164 valence electrons. The molecule has 0 radical (unpaired) electrons. The van der Waals surface area contributed by atoms with E-state index in [9.17, 15) is 23.1 Å². The van der Waals surface area contributed by atoms with Gasteiger partial charge < -0.3 is 15.3 Å². The predicted molar refractivity (Wildman–Crippen MR) is 105 cm³/mol. The highest BCUT2D eigenvalue weighted by atomic mass is 32.2. The van der Waals surface area contributed by atoms with Crippen LogP contribution in [0.3, 0.4) is 0 Å². The van der Waals surface area contributed by atoms with Gasteiger partial charge in [0.2, 0.25) is 21.8 Å². The first-order valence-corrected chi connectivity index (χ1v) is 11.1. The smallest absolute Gasteiger partial charge is 0.248 e. The van der Waals surface area contributed by atoms with E-state index in [0.29, 0.717) is 5.69 Å². The number of hydrogen-bond acceptors (Lipinski definition) is 7. The second-order valence-electron chi connectivity index (χ2n) is 8.49. The summed E-state index contributed by atoms with van der Waals surface area (Å²) in [6.45, 7) is 5.66. The summed E-state index contributed by atoms with van der Waals surface area (Å²) >= 11 is 0. The number of aliphatic hydroxyl groups is 1. The van der Waals surface area contributed by atoms with Crippen LogP contribution in [0.25, 0.3) is 0 Å². The Bertz CT molecular complexity index is 862. The summed E-state index contributed by atoms with van der Waals surface area (Å²) in [7, 11) is -0.471. The van der Waals surface area contributed by atoms with Gasteiger partial charge in [0.05, 0.1) is 30.8 Å².